The summed E-state index contributed by atoms with van der Waals surface area (Å²) in [5.74, 6) is -2.13. The van der Waals surface area contributed by atoms with Crippen molar-refractivity contribution in [2.24, 2.45) is 5.92 Å². The van der Waals surface area contributed by atoms with E-state index in [-0.39, 0.29) is 0 Å². The largest absolute Gasteiger partial charge is 0.479 e. The standard InChI is InChI=1S/C12H14FNO3S/c1-7(6-18)11(15)14-10(12(16)17)8-2-4-9(13)5-3-8/h2-5,7,10,18H,6H2,1H3,(H,14,15)(H,16,17)/t7-,10-/m1/s1. The van der Waals surface area contributed by atoms with Crippen LogP contribution in [-0.2, 0) is 9.59 Å². The van der Waals surface area contributed by atoms with Gasteiger partial charge in [-0.2, -0.15) is 12.6 Å². The van der Waals surface area contributed by atoms with Gasteiger partial charge in [-0.3, -0.25) is 4.79 Å². The normalized spacial score (nSPS) is 13.7. The summed E-state index contributed by atoms with van der Waals surface area (Å²) in [5, 5.41) is 11.5. The zero-order valence-electron chi connectivity index (χ0n) is 9.76. The highest BCUT2D eigenvalue weighted by atomic mass is 32.1. The van der Waals surface area contributed by atoms with Crippen LogP contribution in [0.25, 0.3) is 0 Å². The smallest absolute Gasteiger partial charge is 0.330 e. The number of rotatable bonds is 5. The van der Waals surface area contributed by atoms with Crippen LogP contribution in [0.5, 0.6) is 0 Å². The summed E-state index contributed by atoms with van der Waals surface area (Å²) in [6.07, 6.45) is 0. The number of hydrogen-bond acceptors (Lipinski definition) is 3. The first-order chi connectivity index (χ1) is 8.45. The maximum absolute atomic E-state index is 12.8. The molecule has 0 saturated heterocycles. The van der Waals surface area contributed by atoms with Crippen LogP contribution in [0.3, 0.4) is 0 Å². The van der Waals surface area contributed by atoms with E-state index in [1.165, 1.54) is 12.1 Å². The van der Waals surface area contributed by atoms with E-state index in [4.69, 9.17) is 5.11 Å². The summed E-state index contributed by atoms with van der Waals surface area (Å²) in [4.78, 5) is 22.7. The molecule has 0 aromatic heterocycles. The maximum Gasteiger partial charge on any atom is 0.330 e. The Kier molecular flexibility index (Phi) is 5.15. The minimum atomic E-state index is -1.19. The molecular formula is C12H14FNO3S. The highest BCUT2D eigenvalue weighted by Gasteiger charge is 2.24. The van der Waals surface area contributed by atoms with Gasteiger partial charge in [0.25, 0.3) is 0 Å². The van der Waals surface area contributed by atoms with Gasteiger partial charge in [0.05, 0.1) is 0 Å². The number of carbonyl (C=O) groups excluding carboxylic acids is 1. The maximum atomic E-state index is 12.8. The van der Waals surface area contributed by atoms with Gasteiger partial charge in [0.2, 0.25) is 5.91 Å². The van der Waals surface area contributed by atoms with Crippen molar-refractivity contribution >= 4 is 24.5 Å². The number of carbonyl (C=O) groups is 2. The van der Waals surface area contributed by atoms with Crippen LogP contribution in [0, 0.1) is 11.7 Å². The molecule has 0 saturated carbocycles. The third kappa shape index (κ3) is 3.73. The average molecular weight is 271 g/mol. The van der Waals surface area contributed by atoms with Crippen molar-refractivity contribution in [3.63, 3.8) is 0 Å². The number of halogens is 1. The fraction of sp³-hybridized carbons (Fsp3) is 0.333. The van der Waals surface area contributed by atoms with Crippen molar-refractivity contribution in [3.05, 3.63) is 35.6 Å². The van der Waals surface area contributed by atoms with Crippen molar-refractivity contribution in [2.45, 2.75) is 13.0 Å². The number of nitrogens with one attached hydrogen (secondary N) is 1. The molecule has 0 unspecified atom stereocenters. The van der Waals surface area contributed by atoms with Gasteiger partial charge in [-0.25, -0.2) is 9.18 Å². The second kappa shape index (κ2) is 6.39. The SMILES string of the molecule is C[C@H](CS)C(=O)N[C@@H](C(=O)O)c1ccc(F)cc1. The van der Waals surface area contributed by atoms with Crippen molar-refractivity contribution in [1.82, 2.24) is 5.32 Å². The van der Waals surface area contributed by atoms with Gasteiger partial charge >= 0.3 is 5.97 Å². The lowest BCUT2D eigenvalue weighted by Gasteiger charge is -2.17. The lowest BCUT2D eigenvalue weighted by Crippen LogP contribution is -2.37. The second-order valence-corrected chi connectivity index (χ2v) is 4.28. The van der Waals surface area contributed by atoms with E-state index in [0.717, 1.165) is 12.1 Å². The minimum absolute atomic E-state index is 0.321. The highest BCUT2D eigenvalue weighted by molar-refractivity contribution is 7.80. The van der Waals surface area contributed by atoms with Gasteiger partial charge < -0.3 is 10.4 Å². The van der Waals surface area contributed by atoms with E-state index in [1.807, 2.05) is 0 Å². The number of carboxylic acids is 1. The lowest BCUT2D eigenvalue weighted by atomic mass is 10.1. The molecule has 0 aliphatic rings. The molecule has 1 aromatic carbocycles. The van der Waals surface area contributed by atoms with Gasteiger partial charge in [-0.05, 0) is 17.7 Å². The number of aliphatic carboxylic acids is 1. The zero-order chi connectivity index (χ0) is 13.7. The third-order valence-corrected chi connectivity index (χ3v) is 3.01. The Bertz CT molecular complexity index is 435. The molecule has 98 valence electrons. The molecule has 2 atom stereocenters. The molecule has 1 aromatic rings. The number of thiol groups is 1. The predicted molar refractivity (Wildman–Crippen MR) is 67.9 cm³/mol. The molecule has 1 rings (SSSR count). The molecule has 18 heavy (non-hydrogen) atoms. The van der Waals surface area contributed by atoms with E-state index in [2.05, 4.69) is 17.9 Å². The summed E-state index contributed by atoms with van der Waals surface area (Å²) in [6, 6.07) is 3.79. The first-order valence-corrected chi connectivity index (χ1v) is 5.98. The number of carboxylic acid groups (broad SMARTS) is 1. The van der Waals surface area contributed by atoms with Crippen LogP contribution in [0.1, 0.15) is 18.5 Å². The van der Waals surface area contributed by atoms with Crippen molar-refractivity contribution in [2.75, 3.05) is 5.75 Å². The number of benzene rings is 1. The molecule has 0 aliphatic carbocycles. The van der Waals surface area contributed by atoms with Crippen LogP contribution >= 0.6 is 12.6 Å². The van der Waals surface area contributed by atoms with Gasteiger partial charge in [-0.1, -0.05) is 19.1 Å². The molecule has 0 spiro atoms. The Hall–Kier alpha value is -1.56. The molecular weight excluding hydrogens is 257 g/mol. The van der Waals surface area contributed by atoms with Crippen LogP contribution in [0.15, 0.2) is 24.3 Å². The topological polar surface area (TPSA) is 66.4 Å². The Balaban J connectivity index is 2.87. The van der Waals surface area contributed by atoms with Crippen LogP contribution < -0.4 is 5.32 Å². The van der Waals surface area contributed by atoms with Crippen molar-refractivity contribution in [3.8, 4) is 0 Å². The Morgan fingerprint density at radius 2 is 1.94 bits per heavy atom. The number of amides is 1. The summed E-state index contributed by atoms with van der Waals surface area (Å²) in [7, 11) is 0. The van der Waals surface area contributed by atoms with E-state index < -0.39 is 29.7 Å². The van der Waals surface area contributed by atoms with Gasteiger partial charge in [0.1, 0.15) is 5.82 Å². The molecule has 0 fully saturated rings. The molecule has 0 aliphatic heterocycles. The van der Waals surface area contributed by atoms with Crippen molar-refractivity contribution < 1.29 is 19.1 Å². The van der Waals surface area contributed by atoms with Crippen LogP contribution in [-0.4, -0.2) is 22.7 Å². The van der Waals surface area contributed by atoms with Crippen LogP contribution in [0.4, 0.5) is 4.39 Å². The fourth-order valence-corrected chi connectivity index (χ4v) is 1.48. The van der Waals surface area contributed by atoms with E-state index in [1.54, 1.807) is 6.92 Å². The predicted octanol–water partition coefficient (Wildman–Crippen LogP) is 1.63. The molecule has 6 heteroatoms. The zero-order valence-corrected chi connectivity index (χ0v) is 10.7. The average Bonchev–Trinajstić information content (AvgIpc) is 2.35. The monoisotopic (exact) mass is 271 g/mol. The van der Waals surface area contributed by atoms with Crippen LogP contribution in [0.2, 0.25) is 0 Å². The summed E-state index contributed by atoms with van der Waals surface area (Å²) in [6.45, 7) is 1.64. The van der Waals surface area contributed by atoms with E-state index >= 15 is 0 Å². The summed E-state index contributed by atoms with van der Waals surface area (Å²) < 4.78 is 12.8. The van der Waals surface area contributed by atoms with E-state index in [0.29, 0.717) is 11.3 Å². The minimum Gasteiger partial charge on any atom is -0.479 e. The van der Waals surface area contributed by atoms with Crippen molar-refractivity contribution in [1.29, 1.82) is 0 Å². The second-order valence-electron chi connectivity index (χ2n) is 3.92. The number of hydrogen-bond donors (Lipinski definition) is 3. The first kappa shape index (κ1) is 14.5. The lowest BCUT2D eigenvalue weighted by molar-refractivity contribution is -0.142. The summed E-state index contributed by atoms with van der Waals surface area (Å²) in [5.41, 5.74) is 0.323. The Morgan fingerprint density at radius 1 is 1.39 bits per heavy atom. The molecule has 0 radical (unpaired) electrons. The van der Waals surface area contributed by atoms with Gasteiger partial charge in [0, 0.05) is 11.7 Å². The highest BCUT2D eigenvalue weighted by Crippen LogP contribution is 2.15. The molecule has 0 heterocycles. The molecule has 4 nitrogen and oxygen atoms in total. The molecule has 1 amide bonds. The Morgan fingerprint density at radius 3 is 2.39 bits per heavy atom. The summed E-state index contributed by atoms with van der Waals surface area (Å²) >= 11 is 3.97. The molecule has 2 N–H and O–H groups in total. The first-order valence-electron chi connectivity index (χ1n) is 5.35. The van der Waals surface area contributed by atoms with Gasteiger partial charge in [-0.15, -0.1) is 0 Å². The molecule has 0 bridgehead atoms. The van der Waals surface area contributed by atoms with E-state index in [9.17, 15) is 14.0 Å². The Labute approximate surface area is 110 Å². The fourth-order valence-electron chi connectivity index (χ4n) is 1.31. The quantitative estimate of drug-likeness (QED) is 0.713. The van der Waals surface area contributed by atoms with Gasteiger partial charge in [0.15, 0.2) is 6.04 Å². The third-order valence-electron chi connectivity index (χ3n) is 2.46.